The molecule has 0 saturated carbocycles. The number of hydrogen-bond donors (Lipinski definition) is 1. The van der Waals surface area contributed by atoms with Gasteiger partial charge >= 0.3 is 0 Å². The van der Waals surface area contributed by atoms with E-state index in [0.717, 1.165) is 12.1 Å². The summed E-state index contributed by atoms with van der Waals surface area (Å²) in [5.41, 5.74) is 7.77. The van der Waals surface area contributed by atoms with Crippen LogP contribution in [0.4, 0.5) is 5.69 Å². The molecule has 0 bridgehead atoms. The maximum absolute atomic E-state index is 5.63. The predicted molar refractivity (Wildman–Crippen MR) is 39.2 cm³/mol. The lowest BCUT2D eigenvalue weighted by Crippen LogP contribution is -1.85. The summed E-state index contributed by atoms with van der Waals surface area (Å²) in [5, 5.41) is 0. The minimum absolute atomic E-state index is 0.903. The molecule has 2 heteroatoms. The highest BCUT2D eigenvalue weighted by atomic mass is 14.9. The molecule has 2 N–H and O–H groups in total. The molecular formula is C7H12N2. The highest BCUT2D eigenvalue weighted by molar-refractivity contribution is 5.44. The van der Waals surface area contributed by atoms with Gasteiger partial charge in [-0.3, -0.25) is 0 Å². The van der Waals surface area contributed by atoms with Crippen LogP contribution in [0, 0.1) is 0 Å². The Kier molecular flexibility index (Phi) is 1.47. The monoisotopic (exact) mass is 124 g/mol. The Labute approximate surface area is 55.3 Å². The SMILES string of the molecule is CCc1cn(C)cc1N. The molecule has 0 radical (unpaired) electrons. The second-order valence-electron chi connectivity index (χ2n) is 2.26. The molecule has 0 unspecified atom stereocenters. The summed E-state index contributed by atoms with van der Waals surface area (Å²) < 4.78 is 1.98. The van der Waals surface area contributed by atoms with E-state index in [4.69, 9.17) is 5.73 Å². The molecular weight excluding hydrogens is 112 g/mol. The molecule has 0 aliphatic carbocycles. The first kappa shape index (κ1) is 6.20. The lowest BCUT2D eigenvalue weighted by atomic mass is 10.2. The molecule has 0 amide bonds. The minimum atomic E-state index is 0.903. The van der Waals surface area contributed by atoms with E-state index in [2.05, 4.69) is 13.1 Å². The second-order valence-corrected chi connectivity index (χ2v) is 2.26. The first-order valence-electron chi connectivity index (χ1n) is 3.14. The summed E-state index contributed by atoms with van der Waals surface area (Å²) >= 11 is 0. The molecule has 0 atom stereocenters. The van der Waals surface area contributed by atoms with Gasteiger partial charge in [-0.1, -0.05) is 6.92 Å². The molecule has 9 heavy (non-hydrogen) atoms. The molecule has 0 spiro atoms. The Balaban J connectivity index is 3.01. The Bertz CT molecular complexity index is 201. The fraction of sp³-hybridized carbons (Fsp3) is 0.429. The number of aromatic nitrogens is 1. The Morgan fingerprint density at radius 2 is 2.22 bits per heavy atom. The van der Waals surface area contributed by atoms with Gasteiger partial charge in [0.1, 0.15) is 0 Å². The van der Waals surface area contributed by atoms with E-state index in [9.17, 15) is 0 Å². The molecule has 2 nitrogen and oxygen atoms in total. The molecule has 1 heterocycles. The highest BCUT2D eigenvalue weighted by Gasteiger charge is 1.96. The van der Waals surface area contributed by atoms with E-state index in [-0.39, 0.29) is 0 Å². The number of hydrogen-bond acceptors (Lipinski definition) is 1. The van der Waals surface area contributed by atoms with Crippen LogP contribution >= 0.6 is 0 Å². The van der Waals surface area contributed by atoms with E-state index >= 15 is 0 Å². The van der Waals surface area contributed by atoms with Gasteiger partial charge in [0.05, 0.1) is 5.69 Å². The molecule has 0 aromatic carbocycles. The van der Waals surface area contributed by atoms with E-state index in [1.165, 1.54) is 5.56 Å². The molecule has 50 valence electrons. The predicted octanol–water partition coefficient (Wildman–Crippen LogP) is 1.17. The summed E-state index contributed by atoms with van der Waals surface area (Å²) in [7, 11) is 1.98. The minimum Gasteiger partial charge on any atom is -0.397 e. The number of nitrogens with zero attached hydrogens (tertiary/aromatic N) is 1. The fourth-order valence-electron chi connectivity index (χ4n) is 0.955. The maximum Gasteiger partial charge on any atom is 0.0526 e. The van der Waals surface area contributed by atoms with Crippen LogP contribution in [0.3, 0.4) is 0 Å². The average molecular weight is 124 g/mol. The van der Waals surface area contributed by atoms with Gasteiger partial charge in [-0.2, -0.15) is 0 Å². The zero-order valence-electron chi connectivity index (χ0n) is 5.89. The summed E-state index contributed by atoms with van der Waals surface area (Å²) in [6.07, 6.45) is 5.00. The van der Waals surface area contributed by atoms with Crippen molar-refractivity contribution >= 4 is 5.69 Å². The largest absolute Gasteiger partial charge is 0.397 e. The zero-order valence-corrected chi connectivity index (χ0v) is 5.89. The fourth-order valence-corrected chi connectivity index (χ4v) is 0.955. The quantitative estimate of drug-likeness (QED) is 0.598. The van der Waals surface area contributed by atoms with E-state index in [1.54, 1.807) is 0 Å². The van der Waals surface area contributed by atoms with E-state index in [0.29, 0.717) is 0 Å². The third-order valence-corrected chi connectivity index (χ3v) is 1.45. The van der Waals surface area contributed by atoms with Gasteiger partial charge in [-0.25, -0.2) is 0 Å². The summed E-state index contributed by atoms with van der Waals surface area (Å²) in [5.74, 6) is 0. The topological polar surface area (TPSA) is 30.9 Å². The van der Waals surface area contributed by atoms with Crippen molar-refractivity contribution in [1.29, 1.82) is 0 Å². The molecule has 1 aromatic rings. The molecule has 1 rings (SSSR count). The van der Waals surface area contributed by atoms with Crippen LogP contribution in [-0.2, 0) is 13.5 Å². The van der Waals surface area contributed by atoms with Crippen molar-refractivity contribution in [3.8, 4) is 0 Å². The number of nitrogen functional groups attached to an aromatic ring is 1. The Morgan fingerprint density at radius 3 is 2.44 bits per heavy atom. The van der Waals surface area contributed by atoms with E-state index in [1.807, 2.05) is 17.8 Å². The molecule has 0 aliphatic heterocycles. The van der Waals surface area contributed by atoms with Gasteiger partial charge in [0, 0.05) is 19.4 Å². The van der Waals surface area contributed by atoms with Crippen molar-refractivity contribution in [2.75, 3.05) is 5.73 Å². The second kappa shape index (κ2) is 2.13. The lowest BCUT2D eigenvalue weighted by Gasteiger charge is -1.88. The average Bonchev–Trinajstić information content (AvgIpc) is 2.10. The first-order chi connectivity index (χ1) is 4.24. The van der Waals surface area contributed by atoms with Crippen molar-refractivity contribution in [3.05, 3.63) is 18.0 Å². The Morgan fingerprint density at radius 1 is 1.56 bits per heavy atom. The molecule has 0 fully saturated rings. The summed E-state index contributed by atoms with van der Waals surface area (Å²) in [4.78, 5) is 0. The van der Waals surface area contributed by atoms with Crippen LogP contribution in [0.1, 0.15) is 12.5 Å². The van der Waals surface area contributed by atoms with Gasteiger partial charge in [-0.15, -0.1) is 0 Å². The lowest BCUT2D eigenvalue weighted by molar-refractivity contribution is 0.920. The van der Waals surface area contributed by atoms with Gasteiger partial charge in [0.2, 0.25) is 0 Å². The highest BCUT2D eigenvalue weighted by Crippen LogP contribution is 2.11. The van der Waals surface area contributed by atoms with Crippen molar-refractivity contribution in [1.82, 2.24) is 4.57 Å². The van der Waals surface area contributed by atoms with Crippen molar-refractivity contribution < 1.29 is 0 Å². The van der Waals surface area contributed by atoms with Crippen molar-refractivity contribution in [3.63, 3.8) is 0 Å². The van der Waals surface area contributed by atoms with Crippen LogP contribution in [0.15, 0.2) is 12.4 Å². The number of rotatable bonds is 1. The standard InChI is InChI=1S/C7H12N2/c1-3-6-4-9(2)5-7(6)8/h4-5H,3,8H2,1-2H3. The summed E-state index contributed by atoms with van der Waals surface area (Å²) in [6, 6.07) is 0. The third kappa shape index (κ3) is 1.07. The number of aryl methyl sites for hydroxylation is 2. The Hall–Kier alpha value is -0.920. The zero-order chi connectivity index (χ0) is 6.85. The van der Waals surface area contributed by atoms with Gasteiger partial charge in [0.15, 0.2) is 0 Å². The molecule has 1 aromatic heterocycles. The van der Waals surface area contributed by atoms with Crippen LogP contribution < -0.4 is 5.73 Å². The summed E-state index contributed by atoms with van der Waals surface area (Å²) in [6.45, 7) is 2.10. The number of nitrogens with two attached hydrogens (primary N) is 1. The van der Waals surface area contributed by atoms with Gasteiger partial charge < -0.3 is 10.3 Å². The van der Waals surface area contributed by atoms with Crippen LogP contribution in [-0.4, -0.2) is 4.57 Å². The number of anilines is 1. The maximum atomic E-state index is 5.63. The van der Waals surface area contributed by atoms with Crippen LogP contribution in [0.2, 0.25) is 0 Å². The van der Waals surface area contributed by atoms with Crippen molar-refractivity contribution in [2.24, 2.45) is 7.05 Å². The first-order valence-corrected chi connectivity index (χ1v) is 3.14. The van der Waals surface area contributed by atoms with Gasteiger partial charge in [0.25, 0.3) is 0 Å². The van der Waals surface area contributed by atoms with Crippen LogP contribution in [0.5, 0.6) is 0 Å². The van der Waals surface area contributed by atoms with Crippen molar-refractivity contribution in [2.45, 2.75) is 13.3 Å². The molecule has 0 aliphatic rings. The molecule has 0 saturated heterocycles. The van der Waals surface area contributed by atoms with Gasteiger partial charge in [-0.05, 0) is 12.0 Å². The smallest absolute Gasteiger partial charge is 0.0526 e. The van der Waals surface area contributed by atoms with E-state index < -0.39 is 0 Å². The third-order valence-electron chi connectivity index (χ3n) is 1.45. The normalized spacial score (nSPS) is 10.0. The van der Waals surface area contributed by atoms with Crippen LogP contribution in [0.25, 0.3) is 0 Å².